The van der Waals surface area contributed by atoms with E-state index >= 15 is 0 Å². The lowest BCUT2D eigenvalue weighted by Crippen LogP contribution is -2.30. The van der Waals surface area contributed by atoms with E-state index < -0.39 is 15.8 Å². The molecule has 0 fully saturated rings. The van der Waals surface area contributed by atoms with Gasteiger partial charge in [-0.05, 0) is 72.9 Å². The highest BCUT2D eigenvalue weighted by molar-refractivity contribution is 7.89. The van der Waals surface area contributed by atoms with Gasteiger partial charge in [-0.15, -0.1) is 0 Å². The molecule has 1 heterocycles. The van der Waals surface area contributed by atoms with E-state index in [9.17, 15) is 12.8 Å². The number of fused-ring (bicyclic) bond motifs is 2. The first-order valence-electron chi connectivity index (χ1n) is 10.2. The van der Waals surface area contributed by atoms with Crippen molar-refractivity contribution >= 4 is 33.0 Å². The highest BCUT2D eigenvalue weighted by Crippen LogP contribution is 2.37. The topological polar surface area (TPSA) is 40.6 Å². The molecule has 162 valence electrons. The second-order valence-corrected chi connectivity index (χ2v) is 10.2. The first-order valence-corrected chi connectivity index (χ1v) is 12.0. The molecule has 0 atom stereocenters. The number of anilines is 2. The summed E-state index contributed by atoms with van der Waals surface area (Å²) in [7, 11) is -2.11. The van der Waals surface area contributed by atoms with Gasteiger partial charge in [0.1, 0.15) is 5.82 Å². The molecule has 1 aliphatic heterocycles. The summed E-state index contributed by atoms with van der Waals surface area (Å²) in [4.78, 5) is 2.33. The summed E-state index contributed by atoms with van der Waals surface area (Å²) in [6.07, 6.45) is 2.50. The molecule has 3 aromatic carbocycles. The fourth-order valence-electron chi connectivity index (χ4n) is 3.98. The number of hydrogen-bond acceptors (Lipinski definition) is 3. The molecule has 0 radical (unpaired) electrons. The van der Waals surface area contributed by atoms with Crippen LogP contribution in [0.15, 0.2) is 71.6 Å². The first-order chi connectivity index (χ1) is 14.9. The van der Waals surface area contributed by atoms with Gasteiger partial charge in [0.2, 0.25) is 10.0 Å². The summed E-state index contributed by atoms with van der Waals surface area (Å²) >= 11 is 6.30. The predicted molar refractivity (Wildman–Crippen MR) is 123 cm³/mol. The van der Waals surface area contributed by atoms with Crippen LogP contribution in [0, 0.1) is 5.82 Å². The maximum Gasteiger partial charge on any atom is 0.242 e. The van der Waals surface area contributed by atoms with Crippen molar-refractivity contribution in [1.29, 1.82) is 0 Å². The van der Waals surface area contributed by atoms with Crippen LogP contribution in [0.5, 0.6) is 0 Å². The Balaban J connectivity index is 1.54. The quantitative estimate of drug-likeness (QED) is 0.494. The Kier molecular flexibility index (Phi) is 6.32. The Morgan fingerprint density at radius 3 is 2.39 bits per heavy atom. The molecule has 7 heteroatoms. The van der Waals surface area contributed by atoms with Gasteiger partial charge < -0.3 is 4.90 Å². The van der Waals surface area contributed by atoms with Crippen molar-refractivity contribution in [2.45, 2.75) is 24.2 Å². The predicted octanol–water partition coefficient (Wildman–Crippen LogP) is 5.43. The van der Waals surface area contributed by atoms with Crippen molar-refractivity contribution in [2.24, 2.45) is 0 Å². The van der Waals surface area contributed by atoms with Crippen LogP contribution in [-0.4, -0.2) is 32.9 Å². The molecule has 0 saturated heterocycles. The van der Waals surface area contributed by atoms with Crippen LogP contribution in [0.1, 0.15) is 17.5 Å². The van der Waals surface area contributed by atoms with Gasteiger partial charge in [0.15, 0.2) is 0 Å². The van der Waals surface area contributed by atoms with E-state index in [1.165, 1.54) is 27.6 Å². The molecule has 0 spiro atoms. The molecule has 1 aliphatic rings. The summed E-state index contributed by atoms with van der Waals surface area (Å²) in [5.41, 5.74) is 4.70. The molecule has 31 heavy (non-hydrogen) atoms. The Morgan fingerprint density at radius 1 is 0.968 bits per heavy atom. The van der Waals surface area contributed by atoms with Gasteiger partial charge in [-0.2, -0.15) is 0 Å². The number of halogens is 2. The minimum Gasteiger partial charge on any atom is -0.341 e. The van der Waals surface area contributed by atoms with E-state index in [2.05, 4.69) is 23.1 Å². The van der Waals surface area contributed by atoms with Crippen LogP contribution >= 0.6 is 11.6 Å². The molecule has 4 rings (SSSR count). The fraction of sp³-hybridized carbons (Fsp3) is 0.250. The third kappa shape index (κ3) is 4.61. The van der Waals surface area contributed by atoms with E-state index in [1.807, 2.05) is 24.3 Å². The van der Waals surface area contributed by atoms with Crippen molar-refractivity contribution in [3.8, 4) is 0 Å². The molecule has 0 aromatic heterocycles. The third-order valence-corrected chi connectivity index (χ3v) is 7.77. The average molecular weight is 459 g/mol. The molecule has 3 aromatic rings. The smallest absolute Gasteiger partial charge is 0.242 e. The van der Waals surface area contributed by atoms with E-state index in [4.69, 9.17) is 11.6 Å². The Morgan fingerprint density at radius 2 is 1.65 bits per heavy atom. The average Bonchev–Trinajstić information content (AvgIpc) is 2.91. The monoisotopic (exact) mass is 458 g/mol. The molecule has 4 nitrogen and oxygen atoms in total. The molecular weight excluding hydrogens is 435 g/mol. The van der Waals surface area contributed by atoms with Gasteiger partial charge >= 0.3 is 0 Å². The van der Waals surface area contributed by atoms with Crippen LogP contribution in [0.3, 0.4) is 0 Å². The molecule has 0 aliphatic carbocycles. The van der Waals surface area contributed by atoms with E-state index in [0.717, 1.165) is 36.3 Å². The van der Waals surface area contributed by atoms with Crippen molar-refractivity contribution < 1.29 is 12.8 Å². The highest BCUT2D eigenvalue weighted by atomic mass is 35.5. The molecule has 0 amide bonds. The first kappa shape index (κ1) is 21.8. The normalized spacial score (nSPS) is 13.6. The van der Waals surface area contributed by atoms with Gasteiger partial charge in [-0.1, -0.05) is 35.9 Å². The van der Waals surface area contributed by atoms with Crippen molar-refractivity contribution in [3.63, 3.8) is 0 Å². The highest BCUT2D eigenvalue weighted by Gasteiger charge is 2.23. The van der Waals surface area contributed by atoms with Crippen LogP contribution < -0.4 is 4.90 Å². The molecule has 0 bridgehead atoms. The number of para-hydroxylation sites is 1. The van der Waals surface area contributed by atoms with Crippen LogP contribution in [0.4, 0.5) is 15.8 Å². The summed E-state index contributed by atoms with van der Waals surface area (Å²) in [6.45, 7) is 0.988. The Bertz CT molecular complexity index is 1180. The second-order valence-electron chi connectivity index (χ2n) is 7.69. The van der Waals surface area contributed by atoms with E-state index in [-0.39, 0.29) is 4.90 Å². The number of aryl methyl sites for hydroxylation is 2. The maximum absolute atomic E-state index is 13.2. The van der Waals surface area contributed by atoms with Crippen molar-refractivity contribution in [3.05, 3.63) is 88.7 Å². The summed E-state index contributed by atoms with van der Waals surface area (Å²) < 4.78 is 40.1. The molecule has 0 saturated carbocycles. The number of benzene rings is 3. The zero-order chi connectivity index (χ0) is 22.0. The lowest BCUT2D eigenvalue weighted by molar-refractivity contribution is 0.463. The fourth-order valence-corrected chi connectivity index (χ4v) is 5.36. The van der Waals surface area contributed by atoms with Gasteiger partial charge in [-0.3, -0.25) is 0 Å². The molecule has 0 N–H and O–H groups in total. The number of sulfonamides is 1. The van der Waals surface area contributed by atoms with Crippen LogP contribution in [0.25, 0.3) is 0 Å². The Hall–Kier alpha value is -2.41. The minimum absolute atomic E-state index is 0.0913. The Labute approximate surface area is 187 Å². The molecule has 0 unspecified atom stereocenters. The summed E-state index contributed by atoms with van der Waals surface area (Å²) in [6, 6.07) is 19.2. The van der Waals surface area contributed by atoms with E-state index in [0.29, 0.717) is 24.5 Å². The maximum atomic E-state index is 13.2. The largest absolute Gasteiger partial charge is 0.341 e. The minimum atomic E-state index is -3.67. The second kappa shape index (κ2) is 8.99. The van der Waals surface area contributed by atoms with Gasteiger partial charge in [0.05, 0.1) is 4.90 Å². The third-order valence-electron chi connectivity index (χ3n) is 5.66. The van der Waals surface area contributed by atoms with Crippen LogP contribution in [-0.2, 0) is 22.9 Å². The standard InChI is InChI=1S/C24H24ClFN2O2S/c1-27(31(29,30)22-13-11-21(26)12-14-22)15-4-16-28-23-6-3-2-5-18(23)7-8-19-9-10-20(25)17-24(19)28/h2-3,5-6,9-14,17H,4,7-8,15-16H2,1H3. The number of nitrogens with zero attached hydrogens (tertiary/aromatic N) is 2. The van der Waals surface area contributed by atoms with Crippen molar-refractivity contribution in [2.75, 3.05) is 25.0 Å². The summed E-state index contributed by atoms with van der Waals surface area (Å²) in [5.74, 6) is -0.459. The number of hydrogen-bond donors (Lipinski definition) is 0. The zero-order valence-electron chi connectivity index (χ0n) is 17.3. The summed E-state index contributed by atoms with van der Waals surface area (Å²) in [5, 5.41) is 0.680. The zero-order valence-corrected chi connectivity index (χ0v) is 18.8. The van der Waals surface area contributed by atoms with Gasteiger partial charge in [0, 0.05) is 36.5 Å². The van der Waals surface area contributed by atoms with Gasteiger partial charge in [0.25, 0.3) is 0 Å². The molecular formula is C24H24ClFN2O2S. The van der Waals surface area contributed by atoms with E-state index in [1.54, 1.807) is 7.05 Å². The van der Waals surface area contributed by atoms with Crippen LogP contribution in [0.2, 0.25) is 5.02 Å². The van der Waals surface area contributed by atoms with Gasteiger partial charge in [-0.25, -0.2) is 17.1 Å². The SMILES string of the molecule is CN(CCCN1c2ccccc2CCc2ccc(Cl)cc21)S(=O)(=O)c1ccc(F)cc1. The number of rotatable bonds is 6. The lowest BCUT2D eigenvalue weighted by atomic mass is 10.0. The lowest BCUT2D eigenvalue weighted by Gasteiger charge is -2.28. The van der Waals surface area contributed by atoms with Crippen molar-refractivity contribution in [1.82, 2.24) is 4.31 Å².